The lowest BCUT2D eigenvalue weighted by molar-refractivity contribution is -0.140. The molecule has 0 aliphatic heterocycles. The van der Waals surface area contributed by atoms with Gasteiger partial charge in [-0.2, -0.15) is 5.21 Å². The van der Waals surface area contributed by atoms with Crippen molar-refractivity contribution >= 4 is 39.6 Å². The number of hydrogen-bond donors (Lipinski definition) is 6. The van der Waals surface area contributed by atoms with Crippen molar-refractivity contribution < 1.29 is 42.2 Å². The second kappa shape index (κ2) is 18.0. The Morgan fingerprint density at radius 2 is 1.55 bits per heavy atom. The first-order valence-corrected chi connectivity index (χ1v) is 16.9. The van der Waals surface area contributed by atoms with E-state index < -0.39 is 76.1 Å². The summed E-state index contributed by atoms with van der Waals surface area (Å²) in [5, 5.41) is 33.8. The Labute approximate surface area is 282 Å². The van der Waals surface area contributed by atoms with E-state index in [0.29, 0.717) is 11.1 Å². The van der Waals surface area contributed by atoms with Crippen LogP contribution in [0.5, 0.6) is 0 Å². The van der Waals surface area contributed by atoms with Gasteiger partial charge in [0.05, 0.1) is 12.5 Å². The fraction of sp³-hybridized carbons (Fsp3) is 0.355. The molecule has 4 atom stereocenters. The summed E-state index contributed by atoms with van der Waals surface area (Å²) >= 11 is 0. The number of rotatable bonds is 17. The number of carboxylic acid groups (broad SMARTS) is 1. The Morgan fingerprint density at radius 1 is 0.898 bits per heavy atom. The molecule has 0 bridgehead atoms. The molecule has 0 fully saturated rings. The average molecular weight is 699 g/mol. The number of carbonyl (C=O) groups is 5. The Kier molecular flexibility index (Phi) is 13.9. The van der Waals surface area contributed by atoms with Crippen LogP contribution >= 0.6 is 0 Å². The Hall–Kier alpha value is -5.65. The molecule has 3 rings (SSSR count). The van der Waals surface area contributed by atoms with Crippen LogP contribution < -0.4 is 21.3 Å². The van der Waals surface area contributed by atoms with Gasteiger partial charge in [-0.1, -0.05) is 85.8 Å². The summed E-state index contributed by atoms with van der Waals surface area (Å²) in [7, 11) is -3.56. The second-order valence-electron chi connectivity index (χ2n) is 11.2. The van der Waals surface area contributed by atoms with Gasteiger partial charge in [0.15, 0.2) is 15.7 Å². The van der Waals surface area contributed by atoms with E-state index in [0.717, 1.165) is 11.7 Å². The maximum Gasteiger partial charge on any atom is 0.408 e. The third-order valence-electron chi connectivity index (χ3n) is 6.81. The number of ether oxygens (including phenoxy) is 1. The lowest BCUT2D eigenvalue weighted by atomic mass is 10.00. The van der Waals surface area contributed by atoms with Gasteiger partial charge in [0, 0.05) is 18.1 Å². The minimum atomic E-state index is -3.56. The molecule has 0 aliphatic carbocycles. The number of alkyl carbamates (subject to hydrolysis) is 1. The molecule has 3 aromatic rings. The summed E-state index contributed by atoms with van der Waals surface area (Å²) in [6.45, 7) is 3.19. The van der Waals surface area contributed by atoms with Crippen LogP contribution in [-0.4, -0.2) is 88.3 Å². The Balaban J connectivity index is 1.79. The van der Waals surface area contributed by atoms with Crippen LogP contribution in [0.3, 0.4) is 0 Å². The third-order valence-corrected chi connectivity index (χ3v) is 7.46. The number of hydrogen-bond acceptors (Lipinski definition) is 11. The predicted molar refractivity (Wildman–Crippen MR) is 174 cm³/mol. The van der Waals surface area contributed by atoms with E-state index >= 15 is 0 Å². The first-order valence-electron chi connectivity index (χ1n) is 15.0. The number of benzene rings is 2. The number of nitrogens with zero attached hydrogens (tertiary/aromatic N) is 3. The van der Waals surface area contributed by atoms with Gasteiger partial charge >= 0.3 is 12.1 Å². The molecule has 49 heavy (non-hydrogen) atoms. The van der Waals surface area contributed by atoms with Gasteiger partial charge in [0.2, 0.25) is 17.7 Å². The van der Waals surface area contributed by atoms with Gasteiger partial charge in [-0.05, 0) is 17.0 Å². The molecule has 1 heterocycles. The molecule has 0 saturated heterocycles. The van der Waals surface area contributed by atoms with Gasteiger partial charge in [-0.3, -0.25) is 19.2 Å². The van der Waals surface area contributed by atoms with Crippen molar-refractivity contribution in [1.29, 1.82) is 0 Å². The monoisotopic (exact) mass is 698 g/mol. The van der Waals surface area contributed by atoms with Crippen molar-refractivity contribution in [2.75, 3.05) is 6.26 Å². The summed E-state index contributed by atoms with van der Waals surface area (Å²) in [5.41, 5.74) is 0.956. The maximum absolute atomic E-state index is 13.8. The molecule has 6 N–H and O–H groups in total. The molecule has 0 spiro atoms. The van der Waals surface area contributed by atoms with E-state index in [2.05, 4.69) is 41.9 Å². The van der Waals surface area contributed by atoms with Crippen LogP contribution in [-0.2, 0) is 46.8 Å². The molecule has 17 nitrogen and oxygen atoms in total. The molecule has 262 valence electrons. The van der Waals surface area contributed by atoms with Crippen LogP contribution in [0.15, 0.2) is 72.1 Å². The van der Waals surface area contributed by atoms with Crippen molar-refractivity contribution in [3.8, 4) is 0 Å². The van der Waals surface area contributed by atoms with Crippen LogP contribution in [0.4, 0.5) is 4.79 Å². The molecular formula is C31H38N8O9S. The highest BCUT2D eigenvalue weighted by molar-refractivity contribution is 7.93. The predicted octanol–water partition coefficient (Wildman–Crippen LogP) is 0.553. The number of nitrogens with one attached hydrogen (secondary N) is 5. The zero-order chi connectivity index (χ0) is 36.0. The smallest absolute Gasteiger partial charge is 0.408 e. The largest absolute Gasteiger partial charge is 0.481 e. The van der Waals surface area contributed by atoms with Crippen molar-refractivity contribution in [3.63, 3.8) is 0 Å². The number of aromatic amines is 1. The van der Waals surface area contributed by atoms with E-state index in [-0.39, 0.29) is 18.9 Å². The van der Waals surface area contributed by atoms with Gasteiger partial charge in [-0.25, -0.2) is 13.2 Å². The second-order valence-corrected chi connectivity index (χ2v) is 13.2. The number of aliphatic carboxylic acids is 1. The number of sulfone groups is 1. The zero-order valence-corrected chi connectivity index (χ0v) is 27.7. The van der Waals surface area contributed by atoms with Gasteiger partial charge in [0.25, 0.3) is 0 Å². The number of amides is 4. The molecule has 2 aromatic carbocycles. The van der Waals surface area contributed by atoms with E-state index in [9.17, 15) is 37.5 Å². The summed E-state index contributed by atoms with van der Waals surface area (Å²) in [6.07, 6.45) is 0.325. The molecule has 0 aliphatic rings. The molecule has 1 aromatic heterocycles. The zero-order valence-electron chi connectivity index (χ0n) is 26.9. The van der Waals surface area contributed by atoms with Crippen molar-refractivity contribution in [1.82, 2.24) is 41.9 Å². The van der Waals surface area contributed by atoms with Crippen LogP contribution in [0.25, 0.3) is 0 Å². The highest BCUT2D eigenvalue weighted by atomic mass is 32.2. The number of carboxylic acids is 1. The molecule has 0 saturated carbocycles. The first kappa shape index (κ1) is 37.8. The topological polar surface area (TPSA) is 252 Å². The minimum Gasteiger partial charge on any atom is -0.481 e. The first-order chi connectivity index (χ1) is 23.2. The molecule has 0 radical (unpaired) electrons. The number of carbonyl (C=O) groups excluding carboxylic acids is 4. The Bertz CT molecular complexity index is 1700. The van der Waals surface area contributed by atoms with Crippen molar-refractivity contribution in [2.24, 2.45) is 5.92 Å². The Morgan fingerprint density at radius 3 is 2.12 bits per heavy atom. The normalized spacial score (nSPS) is 13.9. The van der Waals surface area contributed by atoms with E-state index in [4.69, 9.17) is 4.74 Å². The number of tetrazole rings is 1. The van der Waals surface area contributed by atoms with Gasteiger partial charge in [0.1, 0.15) is 24.7 Å². The van der Waals surface area contributed by atoms with Gasteiger partial charge in [-0.15, -0.1) is 10.2 Å². The van der Waals surface area contributed by atoms with Crippen molar-refractivity contribution in [2.45, 2.75) is 57.5 Å². The summed E-state index contributed by atoms with van der Waals surface area (Å²) < 4.78 is 28.7. The third kappa shape index (κ3) is 13.2. The fourth-order valence-corrected chi connectivity index (χ4v) is 4.87. The molecule has 18 heteroatoms. The quantitative estimate of drug-likeness (QED) is 0.113. The molecule has 0 unspecified atom stereocenters. The highest BCUT2D eigenvalue weighted by Crippen LogP contribution is 2.16. The average Bonchev–Trinajstić information content (AvgIpc) is 3.56. The SMILES string of the molecule is CC(C)[C@H](NC(=O)[C@@H](NC(=O)[C@H](CC(=O)O)NC(=O)OCc1ccccc1)c1ccccc1)C(=O)N[C@H](/C=C/S(C)(=O)=O)Cc1nn[nH]n1. The van der Waals surface area contributed by atoms with E-state index in [1.165, 1.54) is 6.08 Å². The van der Waals surface area contributed by atoms with Crippen LogP contribution in [0.2, 0.25) is 0 Å². The summed E-state index contributed by atoms with van der Waals surface area (Å²) in [5.74, 6) is -4.22. The fourth-order valence-electron chi connectivity index (χ4n) is 4.39. The highest BCUT2D eigenvalue weighted by Gasteiger charge is 2.33. The maximum atomic E-state index is 13.8. The van der Waals surface area contributed by atoms with Gasteiger partial charge < -0.3 is 31.1 Å². The molecular weight excluding hydrogens is 660 g/mol. The van der Waals surface area contributed by atoms with E-state index in [1.807, 2.05) is 0 Å². The van der Waals surface area contributed by atoms with Crippen LogP contribution in [0, 0.1) is 5.92 Å². The standard InChI is InChI=1S/C31H38N8O9S/c1-19(2)26(29(43)32-22(14-15-49(3,46)47)16-24-36-38-39-37-24)34-30(44)27(21-12-8-5-9-13-21)35-28(42)23(17-25(40)41)33-31(45)48-18-20-10-6-4-7-11-20/h4-15,19,22-23,26-27H,16-18H2,1-3H3,(H,32,43)(H,33,45)(H,34,44)(H,35,42)(H,40,41)(H,36,37,38,39)/b15-14+/t22-,23+,26+,27+/m1/s1. The minimum absolute atomic E-state index is 0.0263. The number of aromatic nitrogens is 4. The van der Waals surface area contributed by atoms with E-state index in [1.54, 1.807) is 74.5 Å². The lowest BCUT2D eigenvalue weighted by Crippen LogP contribution is -2.56. The lowest BCUT2D eigenvalue weighted by Gasteiger charge is -2.27. The van der Waals surface area contributed by atoms with Crippen LogP contribution in [0.1, 0.15) is 43.3 Å². The number of H-pyrrole nitrogens is 1. The molecule has 4 amide bonds. The summed E-state index contributed by atoms with van der Waals surface area (Å²) in [6, 6.07) is 11.5. The summed E-state index contributed by atoms with van der Waals surface area (Å²) in [4.78, 5) is 64.8. The van der Waals surface area contributed by atoms with Crippen molar-refractivity contribution in [3.05, 3.63) is 89.1 Å².